The van der Waals surface area contributed by atoms with E-state index in [2.05, 4.69) is 70.0 Å². The summed E-state index contributed by atoms with van der Waals surface area (Å²) in [6.45, 7) is 0.799. The van der Waals surface area contributed by atoms with Crippen LogP contribution >= 0.6 is 35.4 Å². The highest BCUT2D eigenvalue weighted by Crippen LogP contribution is 2.49. The summed E-state index contributed by atoms with van der Waals surface area (Å²) in [7, 11) is -18.9. The molecule has 3 aromatic heterocycles. The first-order valence-corrected chi connectivity index (χ1v) is 29.6. The second-order valence-corrected chi connectivity index (χ2v) is 23.8. The number of aromatic nitrogens is 3. The highest BCUT2D eigenvalue weighted by molar-refractivity contribution is 7.95. The summed E-state index contributed by atoms with van der Waals surface area (Å²) < 4.78 is 141. The molecule has 0 bridgehead atoms. The number of rotatable bonds is 18. The zero-order valence-corrected chi connectivity index (χ0v) is 45.3. The minimum absolute atomic E-state index is 0.0120. The quantitative estimate of drug-likeness (QED) is 0.0126. The molecule has 10 N–H and O–H groups in total. The van der Waals surface area contributed by atoms with Gasteiger partial charge in [0.25, 0.3) is 40.5 Å². The zero-order chi connectivity index (χ0) is 58.5. The number of phenolic OH excluding ortho intramolecular Hbond substituents is 1. The zero-order valence-electron chi connectivity index (χ0n) is 39.6. The van der Waals surface area contributed by atoms with E-state index in [1.54, 1.807) is 42.5 Å². The van der Waals surface area contributed by atoms with Crippen molar-refractivity contribution >= 4 is 159 Å². The Morgan fingerprint density at radius 2 is 1.43 bits per heavy atom. The van der Waals surface area contributed by atoms with Crippen molar-refractivity contribution in [1.82, 2.24) is 19.7 Å². The van der Waals surface area contributed by atoms with Gasteiger partial charge in [-0.2, -0.15) is 38.9 Å². The van der Waals surface area contributed by atoms with Crippen LogP contribution in [0.15, 0.2) is 123 Å². The number of carbonyl (C=O) groups is 1. The number of hydrogen-bond donors (Lipinski definition) is 10. The smallest absolute Gasteiger partial charge is 0.319 e. The van der Waals surface area contributed by atoms with Gasteiger partial charge in [0.2, 0.25) is 11.0 Å². The van der Waals surface area contributed by atoms with Crippen LogP contribution in [0, 0.1) is 18.3 Å². The molecule has 420 valence electrons. The number of anilines is 1. The second kappa shape index (κ2) is 24.4. The molecule has 5 aromatic carbocycles. The number of hydrogen-bond acceptors (Lipinski definition) is 29. The number of urea groups is 1. The molecule has 2 amide bonds. The highest BCUT2D eigenvalue weighted by Gasteiger charge is 2.27. The van der Waals surface area contributed by atoms with Gasteiger partial charge in [0.1, 0.15) is 44.2 Å². The van der Waals surface area contributed by atoms with Gasteiger partial charge >= 0.3 is 6.03 Å². The number of fused-ring (bicyclic) bond motifs is 5. The average molecular weight is 1240 g/mol. The number of nitrogens with one attached hydrogen (secondary N) is 2. The fraction of sp³-hybridized carbons (Fsp3) is 0.100. The summed E-state index contributed by atoms with van der Waals surface area (Å²) >= 11 is 1.69. The van der Waals surface area contributed by atoms with E-state index >= 15 is 0 Å². The van der Waals surface area contributed by atoms with Crippen LogP contribution in [-0.2, 0) is 59.2 Å². The molecule has 3 heterocycles. The van der Waals surface area contributed by atoms with Crippen molar-refractivity contribution in [2.24, 2.45) is 30.7 Å². The van der Waals surface area contributed by atoms with Crippen molar-refractivity contribution in [2.45, 2.75) is 26.5 Å². The molecule has 0 saturated carbocycles. The molecule has 0 spiro atoms. The third-order valence-electron chi connectivity index (χ3n) is 10.1. The van der Waals surface area contributed by atoms with E-state index < -0.39 is 124 Å². The Hall–Kier alpha value is -7.54. The van der Waals surface area contributed by atoms with E-state index in [9.17, 15) is 63.0 Å². The Balaban J connectivity index is 0.00000177. The lowest BCUT2D eigenvalue weighted by Gasteiger charge is -2.13. The molecule has 40 heteroatoms. The standard InChI is InChI=1S/C39H28N12O18S6.CH4O3S/c1-17-21(16-40)36-42-22-4-2-3-5-28(22)51(36)37(53)32(17)48-45-24-9-7-19-20(35(24)75(63,64)65)13-30(72-69-67-56)33(34(19)52)49-47-27-14-25(43-38(54)41-10-11-73(57,58)59)26(15-31(27)74(60,61)62)46-50-39-44-23-8-6-18(71-68-66-55)12-29(23)70-39;1-5(2,3)4/h2-9,12-15,52-53,55-56H,10-11H2,1H3,(H2,41,43,54)(H,57,58,59)(H,60,61,62)(H,63,64,65);1H3,(H,2,3,4). The molecular weight excluding hydrogens is 1210 g/mol. The summed E-state index contributed by atoms with van der Waals surface area (Å²) in [5, 5.41) is 85.3. The lowest BCUT2D eigenvalue weighted by molar-refractivity contribution is -0.432. The molecule has 0 saturated heterocycles. The summed E-state index contributed by atoms with van der Waals surface area (Å²) in [5.41, 5.74) is -1.93. The summed E-state index contributed by atoms with van der Waals surface area (Å²) in [6.07, 6.45) is 0.715. The van der Waals surface area contributed by atoms with Gasteiger partial charge in [-0.25, -0.2) is 25.3 Å². The number of para-hydroxylation sites is 2. The number of carbonyl (C=O) groups excluding carboxylic acids is 1. The number of benzene rings is 5. The van der Waals surface area contributed by atoms with Crippen molar-refractivity contribution < 1.29 is 96.1 Å². The molecule has 0 aliphatic heterocycles. The van der Waals surface area contributed by atoms with E-state index in [1.807, 2.05) is 6.07 Å². The van der Waals surface area contributed by atoms with E-state index in [0.29, 0.717) is 50.5 Å². The molecule has 8 rings (SSSR count). The topological polar surface area (TPSA) is 505 Å². The van der Waals surface area contributed by atoms with E-state index in [-0.39, 0.29) is 39.6 Å². The van der Waals surface area contributed by atoms with Gasteiger partial charge in [-0.05, 0) is 67.6 Å². The predicted molar refractivity (Wildman–Crippen MR) is 280 cm³/mol. The number of azo groups is 3. The Kier molecular flexibility index (Phi) is 18.4. The molecule has 33 nitrogen and oxygen atoms in total. The van der Waals surface area contributed by atoms with Gasteiger partial charge in [0.05, 0.1) is 67.9 Å². The summed E-state index contributed by atoms with van der Waals surface area (Å²) in [5.74, 6) is -2.41. The fourth-order valence-electron chi connectivity index (χ4n) is 7.00. The van der Waals surface area contributed by atoms with E-state index in [0.717, 1.165) is 35.6 Å². The molecule has 8 aromatic rings. The molecular formula is C40H32N12O21S7. The Labute approximate surface area is 460 Å². The molecule has 0 aliphatic carbocycles. The molecule has 0 unspecified atom stereocenters. The molecule has 0 aliphatic rings. The monoisotopic (exact) mass is 1240 g/mol. The first-order chi connectivity index (χ1) is 37.6. The van der Waals surface area contributed by atoms with Crippen molar-refractivity contribution in [1.29, 1.82) is 5.26 Å². The fourth-order valence-corrected chi connectivity index (χ4v) is 10.6. The number of nitriles is 1. The van der Waals surface area contributed by atoms with Crippen LogP contribution in [0.5, 0.6) is 11.6 Å². The first kappa shape index (κ1) is 60.1. The van der Waals surface area contributed by atoms with Crippen LogP contribution < -0.4 is 10.6 Å². The number of amides is 2. The van der Waals surface area contributed by atoms with Crippen molar-refractivity contribution in [3.8, 4) is 17.7 Å². The predicted octanol–water partition coefficient (Wildman–Crippen LogP) is 8.95. The summed E-state index contributed by atoms with van der Waals surface area (Å²) in [4.78, 5) is 19.6. The number of imidazole rings is 1. The Bertz CT molecular complexity index is 4390. The maximum absolute atomic E-state index is 13.2. The SMILES string of the molecule is CS(=O)(=O)O.Cc1c(N=Nc2ccc3c(O)c(N=Nc4cc(NC(=O)NCCS(=O)(=O)O)c(N=Nc5nc6ccc(SOOO)cc6s5)cc4S(=O)(=O)O)c(SOOO)cc3c2S(=O)(=O)O)c(O)n2c(nc3ccccc32)c1C#N. The largest absolute Gasteiger partial charge is 0.505 e. The number of pyridine rings is 1. The van der Waals surface area contributed by atoms with Gasteiger partial charge in [0, 0.05) is 27.8 Å². The van der Waals surface area contributed by atoms with Crippen LogP contribution in [0.25, 0.3) is 37.7 Å². The van der Waals surface area contributed by atoms with E-state index in [4.69, 9.17) is 19.6 Å². The summed E-state index contributed by atoms with van der Waals surface area (Å²) in [6, 6.07) is 16.6. The first-order valence-electron chi connectivity index (χ1n) is 21.0. The van der Waals surface area contributed by atoms with Crippen LogP contribution in [0.3, 0.4) is 0 Å². The maximum Gasteiger partial charge on any atom is 0.319 e. The van der Waals surface area contributed by atoms with Crippen LogP contribution in [-0.4, -0.2) is 112 Å². The van der Waals surface area contributed by atoms with Crippen molar-refractivity contribution in [2.75, 3.05) is 23.9 Å². The lowest BCUT2D eigenvalue weighted by atomic mass is 10.1. The van der Waals surface area contributed by atoms with Crippen LogP contribution in [0.1, 0.15) is 11.1 Å². The third-order valence-corrected chi connectivity index (χ3v) is 14.8. The molecule has 0 atom stereocenters. The van der Waals surface area contributed by atoms with Gasteiger partial charge in [-0.3, -0.25) is 22.6 Å². The number of aromatic hydroxyl groups is 2. The Morgan fingerprint density at radius 3 is 2.09 bits per heavy atom. The van der Waals surface area contributed by atoms with Crippen molar-refractivity contribution in [3.05, 3.63) is 83.9 Å². The maximum atomic E-state index is 13.2. The third kappa shape index (κ3) is 14.4. The lowest BCUT2D eigenvalue weighted by Crippen LogP contribution is -2.32. The minimum Gasteiger partial charge on any atom is -0.505 e. The van der Waals surface area contributed by atoms with Crippen LogP contribution in [0.4, 0.5) is 44.1 Å². The Morgan fingerprint density at radius 1 is 0.762 bits per heavy atom. The number of phenols is 1. The second-order valence-electron chi connectivity index (χ2n) is 15.5. The van der Waals surface area contributed by atoms with Gasteiger partial charge in [0.15, 0.2) is 17.1 Å². The van der Waals surface area contributed by atoms with Crippen LogP contribution in [0.2, 0.25) is 0 Å². The normalized spacial score (nSPS) is 12.5. The van der Waals surface area contributed by atoms with Crippen molar-refractivity contribution in [3.63, 3.8) is 0 Å². The van der Waals surface area contributed by atoms with Gasteiger partial charge < -0.3 is 20.8 Å². The van der Waals surface area contributed by atoms with Gasteiger partial charge in [-0.15, -0.1) is 39.4 Å². The van der Waals surface area contributed by atoms with E-state index in [1.165, 1.54) is 11.3 Å². The molecule has 0 fully saturated rings. The minimum atomic E-state index is -5.36. The average Bonchev–Trinajstić information content (AvgIpc) is 4.17. The number of nitrogens with zero attached hydrogens (tertiary/aromatic N) is 10. The molecule has 0 radical (unpaired) electrons. The number of thiazole rings is 1. The van der Waals surface area contributed by atoms with Gasteiger partial charge in [-0.1, -0.05) is 33.5 Å². The highest BCUT2D eigenvalue weighted by atomic mass is 32.2. The molecule has 80 heavy (non-hydrogen) atoms.